The third-order valence-corrected chi connectivity index (χ3v) is 2.56. The molecule has 0 aliphatic heterocycles. The van der Waals surface area contributed by atoms with Crippen LogP contribution < -0.4 is 4.74 Å². The zero-order valence-corrected chi connectivity index (χ0v) is 12.1. The fourth-order valence-corrected chi connectivity index (χ4v) is 1.41. The third kappa shape index (κ3) is 6.09. The van der Waals surface area contributed by atoms with Crippen molar-refractivity contribution < 1.29 is 14.3 Å². The zero-order chi connectivity index (χ0) is 14.3. The number of carbonyl (C=O) groups excluding carboxylic acids is 1. The molecule has 0 aliphatic rings. The topological polar surface area (TPSA) is 35.5 Å². The lowest BCUT2D eigenvalue weighted by Crippen LogP contribution is -2.09. The fraction of sp³-hybridized carbons (Fsp3) is 0.438. The van der Waals surface area contributed by atoms with Crippen LogP contribution in [0.3, 0.4) is 0 Å². The predicted molar refractivity (Wildman–Crippen MR) is 77.1 cm³/mol. The van der Waals surface area contributed by atoms with Gasteiger partial charge in [0.15, 0.2) is 0 Å². The molecule has 0 fully saturated rings. The van der Waals surface area contributed by atoms with E-state index in [-0.39, 0.29) is 18.2 Å². The first kappa shape index (κ1) is 15.3. The summed E-state index contributed by atoms with van der Waals surface area (Å²) in [5.74, 6) is 0.520. The summed E-state index contributed by atoms with van der Waals surface area (Å²) in [5.41, 5.74) is 0.942. The first-order chi connectivity index (χ1) is 9.01. The molecule has 0 bridgehead atoms. The van der Waals surface area contributed by atoms with Gasteiger partial charge in [0.25, 0.3) is 0 Å². The number of hydrogen-bond acceptors (Lipinski definition) is 3. The molecule has 0 spiro atoms. The van der Waals surface area contributed by atoms with Gasteiger partial charge >= 0.3 is 5.97 Å². The van der Waals surface area contributed by atoms with Crippen LogP contribution in [0.2, 0.25) is 0 Å². The van der Waals surface area contributed by atoms with Gasteiger partial charge in [-0.05, 0) is 51.0 Å². The summed E-state index contributed by atoms with van der Waals surface area (Å²) in [7, 11) is 0. The molecule has 19 heavy (non-hydrogen) atoms. The molecule has 0 heterocycles. The number of hydrogen-bond donors (Lipinski definition) is 0. The Hall–Kier alpha value is -1.77. The van der Waals surface area contributed by atoms with Crippen LogP contribution in [-0.2, 0) is 9.53 Å². The monoisotopic (exact) mass is 262 g/mol. The minimum atomic E-state index is -0.324. The Bertz CT molecular complexity index is 418. The first-order valence-electron chi connectivity index (χ1n) is 6.66. The smallest absolute Gasteiger partial charge is 0.331 e. The number of rotatable bonds is 6. The molecule has 0 aliphatic carbocycles. The highest BCUT2D eigenvalue weighted by Crippen LogP contribution is 2.15. The van der Waals surface area contributed by atoms with Gasteiger partial charge in [-0.3, -0.25) is 0 Å². The van der Waals surface area contributed by atoms with Crippen molar-refractivity contribution in [2.75, 3.05) is 0 Å². The Morgan fingerprint density at radius 2 is 1.84 bits per heavy atom. The van der Waals surface area contributed by atoms with Crippen molar-refractivity contribution in [3.05, 3.63) is 35.9 Å². The molecule has 104 valence electrons. The Balaban J connectivity index is 2.57. The maximum absolute atomic E-state index is 11.3. The molecule has 1 rings (SSSR count). The molecular weight excluding hydrogens is 240 g/mol. The largest absolute Gasteiger partial charge is 0.491 e. The lowest BCUT2D eigenvalue weighted by molar-refractivity contribution is -0.141. The maximum Gasteiger partial charge on any atom is 0.331 e. The first-order valence-corrected chi connectivity index (χ1v) is 6.66. The van der Waals surface area contributed by atoms with E-state index in [1.54, 1.807) is 6.08 Å². The Labute approximate surface area is 115 Å². The summed E-state index contributed by atoms with van der Waals surface area (Å²) in [5, 5.41) is 0. The van der Waals surface area contributed by atoms with Crippen LogP contribution >= 0.6 is 0 Å². The predicted octanol–water partition coefficient (Wildman–Crippen LogP) is 3.83. The highest BCUT2D eigenvalue weighted by atomic mass is 16.5. The minimum Gasteiger partial charge on any atom is -0.491 e. The lowest BCUT2D eigenvalue weighted by Gasteiger charge is -2.12. The molecule has 0 amide bonds. The van der Waals surface area contributed by atoms with Crippen LogP contribution in [-0.4, -0.2) is 18.2 Å². The molecule has 0 saturated heterocycles. The van der Waals surface area contributed by atoms with Crippen LogP contribution in [0.1, 0.15) is 39.7 Å². The van der Waals surface area contributed by atoms with E-state index in [0.717, 1.165) is 17.7 Å². The maximum atomic E-state index is 11.3. The SMILES string of the molecule is CCC(C)Oc1ccc(C=CC(=O)OC(C)C)cc1. The van der Waals surface area contributed by atoms with Crippen molar-refractivity contribution in [3.63, 3.8) is 0 Å². The van der Waals surface area contributed by atoms with E-state index < -0.39 is 0 Å². The van der Waals surface area contributed by atoms with E-state index in [1.165, 1.54) is 6.08 Å². The van der Waals surface area contributed by atoms with Crippen molar-refractivity contribution in [1.29, 1.82) is 0 Å². The van der Waals surface area contributed by atoms with Gasteiger partial charge in [-0.1, -0.05) is 19.1 Å². The Morgan fingerprint density at radius 1 is 1.21 bits per heavy atom. The normalized spacial score (nSPS) is 12.7. The zero-order valence-electron chi connectivity index (χ0n) is 12.1. The Morgan fingerprint density at radius 3 is 2.37 bits per heavy atom. The van der Waals surface area contributed by atoms with Gasteiger partial charge in [-0.15, -0.1) is 0 Å². The molecular formula is C16H22O3. The molecule has 1 aromatic rings. The summed E-state index contributed by atoms with van der Waals surface area (Å²) >= 11 is 0. The average Bonchev–Trinajstić information content (AvgIpc) is 2.37. The van der Waals surface area contributed by atoms with Gasteiger partial charge in [0, 0.05) is 6.08 Å². The van der Waals surface area contributed by atoms with E-state index in [4.69, 9.17) is 9.47 Å². The van der Waals surface area contributed by atoms with E-state index in [2.05, 4.69) is 6.92 Å². The molecule has 0 aromatic heterocycles. The lowest BCUT2D eigenvalue weighted by atomic mass is 10.2. The second kappa shape index (κ2) is 7.62. The number of carbonyl (C=O) groups is 1. The van der Waals surface area contributed by atoms with Crippen LogP contribution in [0, 0.1) is 0 Å². The van der Waals surface area contributed by atoms with Crippen molar-refractivity contribution in [2.24, 2.45) is 0 Å². The van der Waals surface area contributed by atoms with E-state index in [9.17, 15) is 4.79 Å². The van der Waals surface area contributed by atoms with Gasteiger partial charge in [0.2, 0.25) is 0 Å². The molecule has 0 radical (unpaired) electrons. The number of esters is 1. The van der Waals surface area contributed by atoms with Crippen LogP contribution in [0.4, 0.5) is 0 Å². The van der Waals surface area contributed by atoms with Gasteiger partial charge in [-0.2, -0.15) is 0 Å². The van der Waals surface area contributed by atoms with Crippen molar-refractivity contribution in [2.45, 2.75) is 46.3 Å². The minimum absolute atomic E-state index is 0.0940. The number of benzene rings is 1. The standard InChI is InChI=1S/C16H22O3/c1-5-13(4)19-15-9-6-14(7-10-15)8-11-16(17)18-12(2)3/h6-13H,5H2,1-4H3. The Kier molecular flexibility index (Phi) is 6.13. The summed E-state index contributed by atoms with van der Waals surface area (Å²) < 4.78 is 10.7. The fourth-order valence-electron chi connectivity index (χ4n) is 1.41. The van der Waals surface area contributed by atoms with Crippen LogP contribution in [0.5, 0.6) is 5.75 Å². The van der Waals surface area contributed by atoms with Crippen molar-refractivity contribution >= 4 is 12.0 Å². The molecule has 0 N–H and O–H groups in total. The van der Waals surface area contributed by atoms with Crippen LogP contribution in [0.25, 0.3) is 6.08 Å². The third-order valence-electron chi connectivity index (χ3n) is 2.56. The van der Waals surface area contributed by atoms with Crippen molar-refractivity contribution in [3.8, 4) is 5.75 Å². The molecule has 0 saturated carbocycles. The van der Waals surface area contributed by atoms with Gasteiger partial charge in [0.1, 0.15) is 5.75 Å². The van der Waals surface area contributed by atoms with Crippen LogP contribution in [0.15, 0.2) is 30.3 Å². The highest BCUT2D eigenvalue weighted by Gasteiger charge is 2.01. The van der Waals surface area contributed by atoms with E-state index >= 15 is 0 Å². The average molecular weight is 262 g/mol. The van der Waals surface area contributed by atoms with E-state index in [1.807, 2.05) is 45.0 Å². The molecule has 1 atom stereocenters. The summed E-state index contributed by atoms with van der Waals surface area (Å²) in [6.45, 7) is 7.78. The molecule has 3 heteroatoms. The summed E-state index contributed by atoms with van der Waals surface area (Å²) in [4.78, 5) is 11.3. The quantitative estimate of drug-likeness (QED) is 0.577. The second-order valence-corrected chi connectivity index (χ2v) is 4.72. The van der Waals surface area contributed by atoms with Gasteiger partial charge in [0.05, 0.1) is 12.2 Å². The highest BCUT2D eigenvalue weighted by molar-refractivity contribution is 5.87. The molecule has 1 unspecified atom stereocenters. The van der Waals surface area contributed by atoms with Gasteiger partial charge in [-0.25, -0.2) is 4.79 Å². The summed E-state index contributed by atoms with van der Waals surface area (Å²) in [6, 6.07) is 7.63. The molecule has 3 nitrogen and oxygen atoms in total. The summed E-state index contributed by atoms with van der Waals surface area (Å²) in [6.07, 6.45) is 4.26. The van der Waals surface area contributed by atoms with Crippen molar-refractivity contribution in [1.82, 2.24) is 0 Å². The molecule has 1 aromatic carbocycles. The van der Waals surface area contributed by atoms with E-state index in [0.29, 0.717) is 0 Å². The second-order valence-electron chi connectivity index (χ2n) is 4.72. The number of ether oxygens (including phenoxy) is 2. The van der Waals surface area contributed by atoms with Gasteiger partial charge < -0.3 is 9.47 Å².